The lowest BCUT2D eigenvalue weighted by Crippen LogP contribution is -2.02. The highest BCUT2D eigenvalue weighted by Gasteiger charge is 1.96. The van der Waals surface area contributed by atoms with E-state index in [2.05, 4.69) is 0 Å². The van der Waals surface area contributed by atoms with E-state index in [0.29, 0.717) is 6.42 Å². The van der Waals surface area contributed by atoms with Gasteiger partial charge in [-0.15, -0.1) is 11.6 Å². The Hall–Kier alpha value is 0.210. The number of aliphatic hydroxyl groups excluding tert-OH is 1. The fraction of sp³-hybridized carbons (Fsp3) is 1.00. The molecule has 0 aliphatic heterocycles. The molecule has 0 aliphatic rings. The van der Waals surface area contributed by atoms with Gasteiger partial charge >= 0.3 is 0 Å². The van der Waals surface area contributed by atoms with Crippen LogP contribution in [-0.4, -0.2) is 22.4 Å². The van der Waals surface area contributed by atoms with Crippen molar-refractivity contribution in [3.05, 3.63) is 0 Å². The van der Waals surface area contributed by atoms with Gasteiger partial charge in [-0.2, -0.15) is 0 Å². The predicted octanol–water partition coefficient (Wildman–Crippen LogP) is 2.66. The maximum absolute atomic E-state index is 8.57. The minimum absolute atomic E-state index is 0.516. The number of unbranched alkanes of at least 4 members (excludes halogenated alkanes) is 6. The monoisotopic (exact) mass is 208 g/mol. The van der Waals surface area contributed by atoms with Gasteiger partial charge < -0.3 is 10.2 Å². The maximum atomic E-state index is 8.57. The van der Waals surface area contributed by atoms with Crippen LogP contribution in [0.1, 0.15) is 51.4 Å². The quantitative estimate of drug-likeness (QED) is 0.348. The Morgan fingerprint density at radius 2 is 1.23 bits per heavy atom. The normalized spacial score (nSPS) is 11.1. The molecule has 0 rings (SSSR count). The predicted molar refractivity (Wildman–Crippen MR) is 55.9 cm³/mol. The Morgan fingerprint density at radius 1 is 0.769 bits per heavy atom. The lowest BCUT2D eigenvalue weighted by Gasteiger charge is -2.02. The number of alkyl halides is 1. The summed E-state index contributed by atoms with van der Waals surface area (Å²) in [5.74, 6) is 0.775. The van der Waals surface area contributed by atoms with Gasteiger partial charge in [0.05, 0.1) is 0 Å². The van der Waals surface area contributed by atoms with Gasteiger partial charge in [0, 0.05) is 5.88 Å². The van der Waals surface area contributed by atoms with Crippen LogP contribution in [0.25, 0.3) is 0 Å². The summed E-state index contributed by atoms with van der Waals surface area (Å²) in [6.07, 6.45) is 7.49. The molecule has 0 saturated heterocycles. The van der Waals surface area contributed by atoms with Crippen molar-refractivity contribution in [2.75, 3.05) is 5.88 Å². The summed E-state index contributed by atoms with van der Waals surface area (Å²) in [6.45, 7) is 0. The lowest BCUT2D eigenvalue weighted by molar-refractivity contribution is -0.0466. The minimum Gasteiger partial charge on any atom is -0.368 e. The Bertz CT molecular complexity index is 96.9. The van der Waals surface area contributed by atoms with Crippen LogP contribution in [0.3, 0.4) is 0 Å². The Kier molecular flexibility index (Phi) is 10.5. The zero-order valence-corrected chi connectivity index (χ0v) is 8.97. The van der Waals surface area contributed by atoms with Crippen molar-refractivity contribution in [3.63, 3.8) is 0 Å². The molecule has 0 bridgehead atoms. The van der Waals surface area contributed by atoms with Crippen LogP contribution in [-0.2, 0) is 0 Å². The third-order valence-electron chi connectivity index (χ3n) is 2.10. The molecule has 2 N–H and O–H groups in total. The largest absolute Gasteiger partial charge is 0.368 e. The fourth-order valence-corrected chi connectivity index (χ4v) is 1.49. The first-order valence-electron chi connectivity index (χ1n) is 5.19. The topological polar surface area (TPSA) is 40.5 Å². The van der Waals surface area contributed by atoms with Crippen molar-refractivity contribution in [2.45, 2.75) is 57.7 Å². The van der Waals surface area contributed by atoms with Crippen LogP contribution in [0, 0.1) is 0 Å². The summed E-state index contributed by atoms with van der Waals surface area (Å²) in [7, 11) is 0. The van der Waals surface area contributed by atoms with Crippen LogP contribution in [0.4, 0.5) is 0 Å². The van der Waals surface area contributed by atoms with E-state index in [9.17, 15) is 0 Å². The summed E-state index contributed by atoms with van der Waals surface area (Å²) in [4.78, 5) is 0. The minimum atomic E-state index is -1.11. The van der Waals surface area contributed by atoms with Crippen molar-refractivity contribution in [2.24, 2.45) is 0 Å². The molecule has 0 aliphatic carbocycles. The molecule has 0 radical (unpaired) electrons. The van der Waals surface area contributed by atoms with Crippen molar-refractivity contribution in [1.82, 2.24) is 0 Å². The van der Waals surface area contributed by atoms with E-state index in [1.165, 1.54) is 25.7 Å². The first kappa shape index (κ1) is 13.2. The van der Waals surface area contributed by atoms with Gasteiger partial charge in [-0.3, -0.25) is 0 Å². The number of hydrogen-bond donors (Lipinski definition) is 2. The van der Waals surface area contributed by atoms with Crippen molar-refractivity contribution >= 4 is 11.6 Å². The molecule has 3 heteroatoms. The third kappa shape index (κ3) is 12.2. The molecule has 0 unspecified atom stereocenters. The molecular weight excluding hydrogens is 188 g/mol. The maximum Gasteiger partial charge on any atom is 0.151 e. The average Bonchev–Trinajstić information content (AvgIpc) is 2.09. The molecule has 80 valence electrons. The summed E-state index contributed by atoms with van der Waals surface area (Å²) in [5.41, 5.74) is 0. The first-order valence-corrected chi connectivity index (χ1v) is 5.73. The van der Waals surface area contributed by atoms with E-state index in [-0.39, 0.29) is 0 Å². The molecule has 0 atom stereocenters. The summed E-state index contributed by atoms with van der Waals surface area (Å²) in [5, 5.41) is 17.1. The molecule has 0 aromatic heterocycles. The molecule has 0 saturated carbocycles. The Labute approximate surface area is 85.9 Å². The van der Waals surface area contributed by atoms with Gasteiger partial charge in [0.25, 0.3) is 0 Å². The van der Waals surface area contributed by atoms with Crippen LogP contribution in [0.15, 0.2) is 0 Å². The smallest absolute Gasteiger partial charge is 0.151 e. The van der Waals surface area contributed by atoms with E-state index >= 15 is 0 Å². The second-order valence-electron chi connectivity index (χ2n) is 3.43. The molecule has 0 aromatic carbocycles. The van der Waals surface area contributed by atoms with Crippen LogP contribution in [0.5, 0.6) is 0 Å². The molecule has 0 amide bonds. The molecule has 0 heterocycles. The van der Waals surface area contributed by atoms with Crippen LogP contribution < -0.4 is 0 Å². The van der Waals surface area contributed by atoms with Crippen LogP contribution in [0.2, 0.25) is 0 Å². The summed E-state index contributed by atoms with van der Waals surface area (Å²) in [6, 6.07) is 0. The zero-order valence-electron chi connectivity index (χ0n) is 8.21. The van der Waals surface area contributed by atoms with E-state index < -0.39 is 6.29 Å². The number of rotatable bonds is 9. The average molecular weight is 209 g/mol. The highest BCUT2D eigenvalue weighted by atomic mass is 35.5. The zero-order chi connectivity index (χ0) is 9.94. The lowest BCUT2D eigenvalue weighted by atomic mass is 10.1. The second-order valence-corrected chi connectivity index (χ2v) is 3.81. The number of aliphatic hydroxyl groups is 2. The van der Waals surface area contributed by atoms with E-state index in [4.69, 9.17) is 21.8 Å². The van der Waals surface area contributed by atoms with E-state index in [1.807, 2.05) is 0 Å². The molecule has 13 heavy (non-hydrogen) atoms. The van der Waals surface area contributed by atoms with Crippen LogP contribution >= 0.6 is 11.6 Å². The molecule has 0 aromatic rings. The van der Waals surface area contributed by atoms with E-state index in [0.717, 1.165) is 25.1 Å². The Morgan fingerprint density at radius 3 is 1.69 bits per heavy atom. The number of hydrogen-bond acceptors (Lipinski definition) is 2. The highest BCUT2D eigenvalue weighted by Crippen LogP contribution is 2.09. The molecule has 0 spiro atoms. The van der Waals surface area contributed by atoms with Gasteiger partial charge in [-0.25, -0.2) is 0 Å². The summed E-state index contributed by atoms with van der Waals surface area (Å²) < 4.78 is 0. The van der Waals surface area contributed by atoms with Crippen molar-refractivity contribution in [3.8, 4) is 0 Å². The van der Waals surface area contributed by atoms with Crippen molar-refractivity contribution in [1.29, 1.82) is 0 Å². The van der Waals surface area contributed by atoms with Crippen molar-refractivity contribution < 1.29 is 10.2 Å². The molecule has 0 fully saturated rings. The molecular formula is C10H21ClO2. The van der Waals surface area contributed by atoms with E-state index in [1.54, 1.807) is 0 Å². The number of halogens is 1. The van der Waals surface area contributed by atoms with Gasteiger partial charge in [0.2, 0.25) is 0 Å². The fourth-order valence-electron chi connectivity index (χ4n) is 1.31. The second kappa shape index (κ2) is 10.3. The summed E-state index contributed by atoms with van der Waals surface area (Å²) >= 11 is 5.54. The molecule has 2 nitrogen and oxygen atoms in total. The first-order chi connectivity index (χ1) is 6.27. The SMILES string of the molecule is OC(O)CCCCCCCCCCl. The standard InChI is InChI=1S/C10H21ClO2/c11-9-7-5-3-1-2-4-6-8-10(12)13/h10,12-13H,1-9H2. The van der Waals surface area contributed by atoms with Gasteiger partial charge in [0.1, 0.15) is 0 Å². The van der Waals surface area contributed by atoms with Gasteiger partial charge in [-0.1, -0.05) is 32.1 Å². The third-order valence-corrected chi connectivity index (χ3v) is 2.36. The highest BCUT2D eigenvalue weighted by molar-refractivity contribution is 6.17. The van der Waals surface area contributed by atoms with Gasteiger partial charge in [-0.05, 0) is 19.3 Å². The Balaban J connectivity index is 2.84. The van der Waals surface area contributed by atoms with Gasteiger partial charge in [0.15, 0.2) is 6.29 Å².